The maximum absolute atomic E-state index is 11.7. The predicted molar refractivity (Wildman–Crippen MR) is 97.3 cm³/mol. The largest absolute Gasteiger partial charge is 0.482 e. The number of carboxylic acid groups (broad SMARTS) is 1. The van der Waals surface area contributed by atoms with E-state index in [0.717, 1.165) is 0 Å². The first-order valence-electron chi connectivity index (χ1n) is 7.29. The first kappa shape index (κ1) is 19.6. The molecule has 7 nitrogen and oxygen atoms in total. The van der Waals surface area contributed by atoms with Gasteiger partial charge in [0.2, 0.25) is 0 Å². The summed E-state index contributed by atoms with van der Waals surface area (Å²) < 4.78 is 10.3. The van der Waals surface area contributed by atoms with Crippen LogP contribution in [0, 0.1) is 0 Å². The average molecular weight is 397 g/mol. The molecule has 0 aromatic heterocycles. The van der Waals surface area contributed by atoms with E-state index in [0.29, 0.717) is 22.1 Å². The predicted octanol–water partition coefficient (Wildman–Crippen LogP) is 2.99. The van der Waals surface area contributed by atoms with E-state index >= 15 is 0 Å². The molecule has 1 amide bonds. The first-order valence-corrected chi connectivity index (χ1v) is 8.04. The number of rotatable bonds is 8. The number of nitrogens with one attached hydrogen (secondary N) is 1. The van der Waals surface area contributed by atoms with Crippen LogP contribution >= 0.6 is 23.2 Å². The number of aliphatic carboxylic acids is 1. The van der Waals surface area contributed by atoms with Crippen molar-refractivity contribution in [3.63, 3.8) is 0 Å². The molecule has 9 heteroatoms. The van der Waals surface area contributed by atoms with Gasteiger partial charge < -0.3 is 14.6 Å². The third-order valence-electron chi connectivity index (χ3n) is 2.92. The SMILES string of the molecule is O=C(O)COc1ccc(/C=N/NC(=O)COc2cccc(Cl)c2Cl)cc1. The van der Waals surface area contributed by atoms with E-state index in [2.05, 4.69) is 10.5 Å². The van der Waals surface area contributed by atoms with Gasteiger partial charge in [-0.05, 0) is 42.0 Å². The summed E-state index contributed by atoms with van der Waals surface area (Å²) in [4.78, 5) is 22.1. The minimum atomic E-state index is -1.06. The number of halogens is 2. The monoisotopic (exact) mass is 396 g/mol. The molecule has 2 aromatic carbocycles. The molecule has 0 saturated heterocycles. The minimum Gasteiger partial charge on any atom is -0.482 e. The minimum absolute atomic E-state index is 0.232. The first-order chi connectivity index (χ1) is 12.5. The quantitative estimate of drug-likeness (QED) is 0.527. The van der Waals surface area contributed by atoms with Gasteiger partial charge >= 0.3 is 5.97 Å². The lowest BCUT2D eigenvalue weighted by molar-refractivity contribution is -0.139. The summed E-state index contributed by atoms with van der Waals surface area (Å²) in [7, 11) is 0. The fourth-order valence-electron chi connectivity index (χ4n) is 1.75. The van der Waals surface area contributed by atoms with Crippen LogP contribution in [-0.2, 0) is 9.59 Å². The highest BCUT2D eigenvalue weighted by atomic mass is 35.5. The van der Waals surface area contributed by atoms with E-state index in [4.69, 9.17) is 37.8 Å². The summed E-state index contributed by atoms with van der Waals surface area (Å²) in [5.74, 6) is -0.811. The summed E-state index contributed by atoms with van der Waals surface area (Å²) in [6.45, 7) is -0.695. The molecule has 0 heterocycles. The van der Waals surface area contributed by atoms with E-state index in [-0.39, 0.29) is 11.6 Å². The van der Waals surface area contributed by atoms with Crippen molar-refractivity contribution < 1.29 is 24.2 Å². The molecule has 2 rings (SSSR count). The van der Waals surface area contributed by atoms with E-state index in [9.17, 15) is 9.59 Å². The van der Waals surface area contributed by atoms with Crippen molar-refractivity contribution in [3.05, 3.63) is 58.1 Å². The van der Waals surface area contributed by atoms with Crippen LogP contribution in [0.1, 0.15) is 5.56 Å². The van der Waals surface area contributed by atoms with Gasteiger partial charge in [-0.2, -0.15) is 5.10 Å². The molecule has 0 saturated carbocycles. The third kappa shape index (κ3) is 6.27. The number of carboxylic acids is 1. The van der Waals surface area contributed by atoms with Gasteiger partial charge in [0.1, 0.15) is 16.5 Å². The topological polar surface area (TPSA) is 97.2 Å². The Bertz CT molecular complexity index is 809. The second-order valence-electron chi connectivity index (χ2n) is 4.89. The molecule has 26 heavy (non-hydrogen) atoms. The number of carbonyl (C=O) groups is 2. The molecule has 0 aliphatic rings. The Morgan fingerprint density at radius 2 is 1.81 bits per heavy atom. The molecule has 136 valence electrons. The van der Waals surface area contributed by atoms with Crippen LogP contribution in [0.3, 0.4) is 0 Å². The Hall–Kier alpha value is -2.77. The number of carbonyl (C=O) groups excluding carboxylic acids is 1. The molecule has 0 unspecified atom stereocenters. The van der Waals surface area contributed by atoms with Gasteiger partial charge in [0, 0.05) is 0 Å². The van der Waals surface area contributed by atoms with Crippen molar-refractivity contribution >= 4 is 41.3 Å². The molecule has 0 aliphatic carbocycles. The van der Waals surface area contributed by atoms with Crippen LogP contribution in [0.25, 0.3) is 0 Å². The summed E-state index contributed by atoms with van der Waals surface area (Å²) >= 11 is 11.8. The number of hydrazone groups is 1. The zero-order valence-electron chi connectivity index (χ0n) is 13.3. The van der Waals surface area contributed by atoms with Crippen molar-refractivity contribution in [2.75, 3.05) is 13.2 Å². The molecule has 2 aromatic rings. The van der Waals surface area contributed by atoms with Gasteiger partial charge in [-0.15, -0.1) is 0 Å². The Morgan fingerprint density at radius 3 is 2.50 bits per heavy atom. The summed E-state index contributed by atoms with van der Waals surface area (Å²) in [5.41, 5.74) is 3.00. The molecular formula is C17H14Cl2N2O5. The van der Waals surface area contributed by atoms with Crippen LogP contribution in [0.15, 0.2) is 47.6 Å². The van der Waals surface area contributed by atoms with Gasteiger partial charge in [-0.3, -0.25) is 4.79 Å². The van der Waals surface area contributed by atoms with Crippen molar-refractivity contribution in [1.82, 2.24) is 5.43 Å². The number of hydrogen-bond donors (Lipinski definition) is 2. The number of benzene rings is 2. The van der Waals surface area contributed by atoms with Crippen LogP contribution in [0.5, 0.6) is 11.5 Å². The third-order valence-corrected chi connectivity index (χ3v) is 3.72. The van der Waals surface area contributed by atoms with Gasteiger partial charge in [-0.1, -0.05) is 29.3 Å². The Balaban J connectivity index is 1.79. The van der Waals surface area contributed by atoms with E-state index in [1.807, 2.05) is 0 Å². The number of hydrogen-bond acceptors (Lipinski definition) is 5. The molecule has 0 bridgehead atoms. The highest BCUT2D eigenvalue weighted by Crippen LogP contribution is 2.31. The summed E-state index contributed by atoms with van der Waals surface area (Å²) in [6.07, 6.45) is 1.42. The second kappa shape index (κ2) is 9.65. The summed E-state index contributed by atoms with van der Waals surface area (Å²) in [5, 5.41) is 12.9. The molecule has 0 radical (unpaired) electrons. The van der Waals surface area contributed by atoms with Crippen LogP contribution in [0.2, 0.25) is 10.0 Å². The number of nitrogens with zero attached hydrogens (tertiary/aromatic N) is 1. The van der Waals surface area contributed by atoms with Crippen molar-refractivity contribution in [2.45, 2.75) is 0 Å². The highest BCUT2D eigenvalue weighted by molar-refractivity contribution is 6.42. The van der Waals surface area contributed by atoms with Crippen molar-refractivity contribution in [1.29, 1.82) is 0 Å². The molecule has 0 aliphatic heterocycles. The lowest BCUT2D eigenvalue weighted by Gasteiger charge is -2.07. The van der Waals surface area contributed by atoms with Gasteiger partial charge in [0.15, 0.2) is 13.2 Å². The van der Waals surface area contributed by atoms with Gasteiger partial charge in [0.05, 0.1) is 11.2 Å². The zero-order chi connectivity index (χ0) is 18.9. The standard InChI is InChI=1S/C17H14Cl2N2O5/c18-13-2-1-3-14(17(13)19)26-9-15(22)21-20-8-11-4-6-12(7-5-11)25-10-16(23)24/h1-8H,9-10H2,(H,21,22)(H,23,24)/b20-8+. The molecule has 0 atom stereocenters. The summed E-state index contributed by atoms with van der Waals surface area (Å²) in [6, 6.07) is 11.4. The Morgan fingerprint density at radius 1 is 1.08 bits per heavy atom. The van der Waals surface area contributed by atoms with Crippen LogP contribution < -0.4 is 14.9 Å². The second-order valence-corrected chi connectivity index (χ2v) is 5.67. The van der Waals surface area contributed by atoms with E-state index in [1.54, 1.807) is 42.5 Å². The smallest absolute Gasteiger partial charge is 0.341 e. The molecule has 2 N–H and O–H groups in total. The number of amides is 1. The van der Waals surface area contributed by atoms with Crippen LogP contribution in [-0.4, -0.2) is 36.4 Å². The zero-order valence-corrected chi connectivity index (χ0v) is 14.8. The van der Waals surface area contributed by atoms with E-state index < -0.39 is 18.5 Å². The normalized spacial score (nSPS) is 10.5. The highest BCUT2D eigenvalue weighted by Gasteiger charge is 2.07. The molecule has 0 spiro atoms. The Kier molecular flexibility index (Phi) is 7.25. The average Bonchev–Trinajstić information content (AvgIpc) is 2.62. The maximum Gasteiger partial charge on any atom is 0.341 e. The maximum atomic E-state index is 11.7. The van der Waals surface area contributed by atoms with Crippen molar-refractivity contribution in [3.8, 4) is 11.5 Å². The number of ether oxygens (including phenoxy) is 2. The van der Waals surface area contributed by atoms with Gasteiger partial charge in [0.25, 0.3) is 5.91 Å². The van der Waals surface area contributed by atoms with Crippen molar-refractivity contribution in [2.24, 2.45) is 5.10 Å². The Labute approximate surface area is 159 Å². The van der Waals surface area contributed by atoms with E-state index in [1.165, 1.54) is 6.21 Å². The fourth-order valence-corrected chi connectivity index (χ4v) is 2.09. The van der Waals surface area contributed by atoms with Gasteiger partial charge in [-0.25, -0.2) is 10.2 Å². The fraction of sp³-hybridized carbons (Fsp3) is 0.118. The molecule has 0 fully saturated rings. The van der Waals surface area contributed by atoms with Crippen LogP contribution in [0.4, 0.5) is 0 Å². The lowest BCUT2D eigenvalue weighted by atomic mass is 10.2. The lowest BCUT2D eigenvalue weighted by Crippen LogP contribution is -2.24. The molecular weight excluding hydrogens is 383 g/mol.